The van der Waals surface area contributed by atoms with E-state index in [0.717, 1.165) is 60.3 Å². The molecular weight excluding hydrogens is 280 g/mol. The van der Waals surface area contributed by atoms with E-state index in [0.29, 0.717) is 26.1 Å². The van der Waals surface area contributed by atoms with Gasteiger partial charge in [0.25, 0.3) is 0 Å². The second-order valence-corrected chi connectivity index (χ2v) is 6.76. The highest BCUT2D eigenvalue weighted by atomic mass is 16.5. The number of rotatable bonds is 2. The Hall–Kier alpha value is -1.71. The summed E-state index contributed by atoms with van der Waals surface area (Å²) in [6.45, 7) is 3.39. The second kappa shape index (κ2) is 4.90. The lowest BCUT2D eigenvalue weighted by molar-refractivity contribution is -0.145. The number of ether oxygens (including phenoxy) is 2. The van der Waals surface area contributed by atoms with Crippen molar-refractivity contribution in [3.8, 4) is 11.5 Å². The van der Waals surface area contributed by atoms with Gasteiger partial charge < -0.3 is 14.6 Å². The molecule has 0 spiro atoms. The number of hydrogen-bond acceptors (Lipinski definition) is 3. The van der Waals surface area contributed by atoms with E-state index < -0.39 is 11.4 Å². The van der Waals surface area contributed by atoms with Crippen LogP contribution >= 0.6 is 0 Å². The van der Waals surface area contributed by atoms with E-state index in [9.17, 15) is 9.90 Å². The third kappa shape index (κ3) is 1.73. The largest absolute Gasteiger partial charge is 0.493 e. The predicted octanol–water partition coefficient (Wildman–Crippen LogP) is 3.15. The molecule has 118 valence electrons. The first kappa shape index (κ1) is 13.9. The Balaban J connectivity index is 2.00. The molecule has 1 fully saturated rings. The molecule has 0 bridgehead atoms. The Kier molecular flexibility index (Phi) is 3.10. The summed E-state index contributed by atoms with van der Waals surface area (Å²) in [7, 11) is 0. The van der Waals surface area contributed by atoms with E-state index in [-0.39, 0.29) is 0 Å². The summed E-state index contributed by atoms with van der Waals surface area (Å²) < 4.78 is 11.8. The Morgan fingerprint density at radius 3 is 2.32 bits per heavy atom. The lowest BCUT2D eigenvalue weighted by Crippen LogP contribution is -2.39. The molecule has 0 atom stereocenters. The molecule has 2 aliphatic heterocycles. The molecule has 0 saturated heterocycles. The van der Waals surface area contributed by atoms with Crippen LogP contribution in [0.1, 0.15) is 54.4 Å². The molecule has 1 aromatic rings. The molecule has 4 nitrogen and oxygen atoms in total. The highest BCUT2D eigenvalue weighted by Gasteiger charge is 2.47. The summed E-state index contributed by atoms with van der Waals surface area (Å²) in [5.41, 5.74) is 3.59. The first-order chi connectivity index (χ1) is 10.6. The lowest BCUT2D eigenvalue weighted by atomic mass is 9.67. The Morgan fingerprint density at radius 2 is 1.64 bits per heavy atom. The second-order valence-electron chi connectivity index (χ2n) is 6.76. The molecule has 1 N–H and O–H groups in total. The van der Waals surface area contributed by atoms with Gasteiger partial charge in [-0.2, -0.15) is 0 Å². The van der Waals surface area contributed by atoms with Gasteiger partial charge in [0.05, 0.1) is 18.6 Å². The third-order valence-corrected chi connectivity index (χ3v) is 5.66. The van der Waals surface area contributed by atoms with Crippen molar-refractivity contribution in [3.63, 3.8) is 0 Å². The van der Waals surface area contributed by atoms with Crippen molar-refractivity contribution in [2.45, 2.75) is 57.3 Å². The summed E-state index contributed by atoms with van der Waals surface area (Å²) in [5, 5.41) is 10.1. The maximum Gasteiger partial charge on any atom is 0.314 e. The molecular formula is C18H22O4. The van der Waals surface area contributed by atoms with E-state index >= 15 is 0 Å². The Bertz CT molecular complexity index is 606. The summed E-state index contributed by atoms with van der Waals surface area (Å²) in [5.74, 6) is 1.11. The van der Waals surface area contributed by atoms with Crippen molar-refractivity contribution in [2.24, 2.45) is 0 Å². The molecule has 3 aliphatic rings. The van der Waals surface area contributed by atoms with Gasteiger partial charge in [0.2, 0.25) is 0 Å². The van der Waals surface area contributed by atoms with Crippen LogP contribution in [0.15, 0.2) is 0 Å². The standard InChI is InChI=1S/C18H22O4/c1-11-12-5-9-22-16(12)14(13-6-10-21-15(11)13)18(17(19)20)7-3-2-4-8-18/h2-10H2,1H3,(H,19,20). The van der Waals surface area contributed by atoms with Crippen molar-refractivity contribution in [2.75, 3.05) is 13.2 Å². The van der Waals surface area contributed by atoms with Gasteiger partial charge in [-0.05, 0) is 25.3 Å². The van der Waals surface area contributed by atoms with Crippen molar-refractivity contribution in [1.29, 1.82) is 0 Å². The summed E-state index contributed by atoms with van der Waals surface area (Å²) >= 11 is 0. The zero-order chi connectivity index (χ0) is 15.3. The minimum absolute atomic E-state index is 0.655. The molecule has 4 heteroatoms. The van der Waals surface area contributed by atoms with Crippen molar-refractivity contribution in [1.82, 2.24) is 0 Å². The van der Waals surface area contributed by atoms with E-state index in [4.69, 9.17) is 9.47 Å². The van der Waals surface area contributed by atoms with Crippen molar-refractivity contribution < 1.29 is 19.4 Å². The van der Waals surface area contributed by atoms with Crippen LogP contribution < -0.4 is 9.47 Å². The number of hydrogen-bond donors (Lipinski definition) is 1. The average molecular weight is 302 g/mol. The number of carboxylic acid groups (broad SMARTS) is 1. The van der Waals surface area contributed by atoms with Crippen molar-refractivity contribution >= 4 is 5.97 Å². The zero-order valence-corrected chi connectivity index (χ0v) is 13.0. The quantitative estimate of drug-likeness (QED) is 0.912. The van der Waals surface area contributed by atoms with Crippen LogP contribution in [-0.4, -0.2) is 24.3 Å². The van der Waals surface area contributed by atoms with Crippen LogP contribution in [0.2, 0.25) is 0 Å². The molecule has 1 saturated carbocycles. The van der Waals surface area contributed by atoms with Gasteiger partial charge >= 0.3 is 5.97 Å². The van der Waals surface area contributed by atoms with Gasteiger partial charge in [-0.15, -0.1) is 0 Å². The summed E-state index contributed by atoms with van der Waals surface area (Å²) in [6, 6.07) is 0. The Labute approximate surface area is 130 Å². The van der Waals surface area contributed by atoms with Gasteiger partial charge in [-0.25, -0.2) is 0 Å². The highest BCUT2D eigenvalue weighted by Crippen LogP contribution is 2.52. The maximum absolute atomic E-state index is 12.3. The maximum atomic E-state index is 12.3. The van der Waals surface area contributed by atoms with Crippen LogP contribution in [-0.2, 0) is 23.1 Å². The van der Waals surface area contributed by atoms with E-state index in [2.05, 4.69) is 6.92 Å². The van der Waals surface area contributed by atoms with Crippen LogP contribution in [0.4, 0.5) is 0 Å². The third-order valence-electron chi connectivity index (χ3n) is 5.66. The monoisotopic (exact) mass is 302 g/mol. The number of carbonyl (C=O) groups is 1. The molecule has 4 rings (SSSR count). The summed E-state index contributed by atoms with van der Waals surface area (Å²) in [6.07, 6.45) is 6.18. The minimum atomic E-state index is -0.780. The SMILES string of the molecule is Cc1c2c(c(C3(C(=O)O)CCCCC3)c3c1OCC3)OCC2. The molecule has 2 heterocycles. The average Bonchev–Trinajstić information content (AvgIpc) is 3.17. The Morgan fingerprint density at radius 1 is 1.00 bits per heavy atom. The van der Waals surface area contributed by atoms with Gasteiger partial charge in [-0.3, -0.25) is 4.79 Å². The fourth-order valence-corrected chi connectivity index (χ4v) is 4.57. The first-order valence-electron chi connectivity index (χ1n) is 8.33. The highest BCUT2D eigenvalue weighted by molar-refractivity contribution is 5.85. The minimum Gasteiger partial charge on any atom is -0.493 e. The molecule has 0 aromatic heterocycles. The smallest absolute Gasteiger partial charge is 0.314 e. The number of benzene rings is 1. The normalized spacial score (nSPS) is 21.7. The van der Waals surface area contributed by atoms with Crippen molar-refractivity contribution in [3.05, 3.63) is 22.3 Å². The van der Waals surface area contributed by atoms with Gasteiger partial charge in [0.1, 0.15) is 11.5 Å². The van der Waals surface area contributed by atoms with E-state index in [1.807, 2.05) is 0 Å². The predicted molar refractivity (Wildman–Crippen MR) is 82.0 cm³/mol. The number of fused-ring (bicyclic) bond motifs is 2. The van der Waals surface area contributed by atoms with Gasteiger partial charge in [0.15, 0.2) is 0 Å². The van der Waals surface area contributed by atoms with Crippen LogP contribution in [0.3, 0.4) is 0 Å². The van der Waals surface area contributed by atoms with Crippen LogP contribution in [0, 0.1) is 6.92 Å². The summed E-state index contributed by atoms with van der Waals surface area (Å²) in [4.78, 5) is 12.3. The molecule has 22 heavy (non-hydrogen) atoms. The molecule has 1 aromatic carbocycles. The fourth-order valence-electron chi connectivity index (χ4n) is 4.57. The van der Waals surface area contributed by atoms with Crippen LogP contribution in [0.5, 0.6) is 11.5 Å². The van der Waals surface area contributed by atoms with E-state index in [1.54, 1.807) is 0 Å². The number of aliphatic carboxylic acids is 1. The van der Waals surface area contributed by atoms with E-state index in [1.165, 1.54) is 5.56 Å². The fraction of sp³-hybridized carbons (Fsp3) is 0.611. The molecule has 0 radical (unpaired) electrons. The van der Waals surface area contributed by atoms with Gasteiger partial charge in [-0.1, -0.05) is 19.3 Å². The lowest BCUT2D eigenvalue weighted by Gasteiger charge is -2.36. The molecule has 1 aliphatic carbocycles. The first-order valence-corrected chi connectivity index (χ1v) is 8.33. The van der Waals surface area contributed by atoms with Gasteiger partial charge in [0, 0.05) is 29.5 Å². The topological polar surface area (TPSA) is 55.8 Å². The molecule has 0 unspecified atom stereocenters. The number of carboxylic acids is 1. The zero-order valence-electron chi connectivity index (χ0n) is 13.0. The van der Waals surface area contributed by atoms with Crippen LogP contribution in [0.25, 0.3) is 0 Å². The molecule has 0 amide bonds.